The highest BCUT2D eigenvalue weighted by atomic mass is 35.5. The molecule has 0 spiro atoms. The summed E-state index contributed by atoms with van der Waals surface area (Å²) in [5, 5.41) is 8.11. The number of aryl methyl sites for hydroxylation is 1. The second-order valence-electron chi connectivity index (χ2n) is 9.82. The van der Waals surface area contributed by atoms with Crippen molar-refractivity contribution in [2.24, 2.45) is 24.6 Å². The van der Waals surface area contributed by atoms with Crippen molar-refractivity contribution < 1.29 is 4.39 Å². The number of piperidine rings is 1. The molecule has 7 rings (SSSR count). The van der Waals surface area contributed by atoms with Gasteiger partial charge in [-0.2, -0.15) is 5.10 Å². The van der Waals surface area contributed by atoms with Gasteiger partial charge in [-0.25, -0.2) is 19.3 Å². The molecule has 1 saturated carbocycles. The maximum Gasteiger partial charge on any atom is 0.177 e. The van der Waals surface area contributed by atoms with Gasteiger partial charge in [-0.3, -0.25) is 5.10 Å². The number of hydrogen-bond acceptors (Lipinski definition) is 6. The smallest absolute Gasteiger partial charge is 0.177 e. The van der Waals surface area contributed by atoms with Crippen molar-refractivity contribution in [3.05, 3.63) is 65.3 Å². The first kappa shape index (κ1) is 21.7. The van der Waals surface area contributed by atoms with E-state index < -0.39 is 0 Å². The maximum atomic E-state index is 14.7. The van der Waals surface area contributed by atoms with Crippen LogP contribution in [0.3, 0.4) is 0 Å². The lowest BCUT2D eigenvalue weighted by atomic mass is 9.91. The normalized spacial score (nSPS) is 23.4. The zero-order valence-electron chi connectivity index (χ0n) is 19.6. The minimum Gasteiger partial charge on any atom is -0.355 e. The SMILES string of the molecule is Cn1cnc2ccc(-c3n[nH]c4nc(N5CC[C@@H]6[C@H](C5)[C@@]6(CN)c5ccccc5F)cnc34)c(Cl)c21. The van der Waals surface area contributed by atoms with E-state index in [1.165, 1.54) is 6.07 Å². The van der Waals surface area contributed by atoms with E-state index in [9.17, 15) is 4.39 Å². The molecule has 3 N–H and O–H groups in total. The lowest BCUT2D eigenvalue weighted by Gasteiger charge is -2.26. The van der Waals surface area contributed by atoms with Crippen LogP contribution in [0.4, 0.5) is 10.2 Å². The molecule has 182 valence electrons. The van der Waals surface area contributed by atoms with Crippen molar-refractivity contribution in [3.63, 3.8) is 0 Å². The van der Waals surface area contributed by atoms with Gasteiger partial charge >= 0.3 is 0 Å². The van der Waals surface area contributed by atoms with Gasteiger partial charge in [0.1, 0.15) is 22.8 Å². The molecule has 2 aromatic carbocycles. The van der Waals surface area contributed by atoms with Gasteiger partial charge < -0.3 is 15.2 Å². The molecule has 3 aromatic heterocycles. The number of aromatic amines is 1. The fourth-order valence-electron chi connectivity index (χ4n) is 6.35. The van der Waals surface area contributed by atoms with Crippen LogP contribution in [0.2, 0.25) is 5.02 Å². The largest absolute Gasteiger partial charge is 0.355 e. The Balaban J connectivity index is 1.20. The summed E-state index contributed by atoms with van der Waals surface area (Å²) in [6.07, 6.45) is 4.46. The number of rotatable bonds is 4. The molecule has 1 saturated heterocycles. The first-order valence-electron chi connectivity index (χ1n) is 12.0. The first-order chi connectivity index (χ1) is 17.5. The van der Waals surface area contributed by atoms with E-state index in [1.807, 2.05) is 35.9 Å². The van der Waals surface area contributed by atoms with Crippen molar-refractivity contribution in [1.82, 2.24) is 29.7 Å². The molecule has 0 amide bonds. The minimum atomic E-state index is -0.306. The summed E-state index contributed by atoms with van der Waals surface area (Å²) in [5.74, 6) is 1.27. The number of nitrogens with zero attached hydrogens (tertiary/aromatic N) is 6. The summed E-state index contributed by atoms with van der Waals surface area (Å²) in [4.78, 5) is 16.2. The third-order valence-corrected chi connectivity index (χ3v) is 8.58. The second-order valence-corrected chi connectivity index (χ2v) is 10.2. The Kier molecular flexibility index (Phi) is 4.65. The van der Waals surface area contributed by atoms with Gasteiger partial charge in [0.2, 0.25) is 0 Å². The molecule has 2 aliphatic rings. The summed E-state index contributed by atoms with van der Waals surface area (Å²) >= 11 is 6.75. The summed E-state index contributed by atoms with van der Waals surface area (Å²) in [5.41, 5.74) is 11.0. The van der Waals surface area contributed by atoms with E-state index in [2.05, 4.69) is 20.1 Å². The van der Waals surface area contributed by atoms with Gasteiger partial charge in [0.15, 0.2) is 5.65 Å². The summed E-state index contributed by atoms with van der Waals surface area (Å²) < 4.78 is 16.6. The highest BCUT2D eigenvalue weighted by molar-refractivity contribution is 6.38. The predicted molar refractivity (Wildman–Crippen MR) is 137 cm³/mol. The zero-order valence-corrected chi connectivity index (χ0v) is 20.4. The Labute approximate surface area is 211 Å². The predicted octanol–water partition coefficient (Wildman–Crippen LogP) is 4.05. The van der Waals surface area contributed by atoms with Crippen LogP contribution in [0.25, 0.3) is 33.5 Å². The van der Waals surface area contributed by atoms with E-state index in [0.717, 1.165) is 47.5 Å². The van der Waals surface area contributed by atoms with E-state index in [-0.39, 0.29) is 17.2 Å². The molecule has 36 heavy (non-hydrogen) atoms. The van der Waals surface area contributed by atoms with Crippen LogP contribution in [-0.4, -0.2) is 49.4 Å². The van der Waals surface area contributed by atoms with Crippen LogP contribution >= 0.6 is 11.6 Å². The Morgan fingerprint density at radius 1 is 1.19 bits per heavy atom. The van der Waals surface area contributed by atoms with Crippen LogP contribution in [0.15, 0.2) is 48.9 Å². The zero-order chi connectivity index (χ0) is 24.6. The molecule has 8 nitrogen and oxygen atoms in total. The molecule has 0 unspecified atom stereocenters. The number of nitrogens with one attached hydrogen (secondary N) is 1. The van der Waals surface area contributed by atoms with Gasteiger partial charge in [-0.05, 0) is 42.0 Å². The number of fused-ring (bicyclic) bond motifs is 3. The Morgan fingerprint density at radius 2 is 2.06 bits per heavy atom. The fraction of sp³-hybridized carbons (Fsp3) is 0.308. The second kappa shape index (κ2) is 7.72. The number of aromatic nitrogens is 6. The van der Waals surface area contributed by atoms with E-state index in [0.29, 0.717) is 34.3 Å². The monoisotopic (exact) mass is 502 g/mol. The number of halogens is 2. The summed E-state index contributed by atoms with van der Waals surface area (Å²) in [7, 11) is 1.91. The van der Waals surface area contributed by atoms with Gasteiger partial charge in [0, 0.05) is 37.7 Å². The molecule has 0 bridgehead atoms. The Hall–Kier alpha value is -3.56. The van der Waals surface area contributed by atoms with Crippen molar-refractivity contribution in [2.75, 3.05) is 24.5 Å². The van der Waals surface area contributed by atoms with E-state index in [4.69, 9.17) is 27.3 Å². The van der Waals surface area contributed by atoms with Gasteiger partial charge in [-0.15, -0.1) is 0 Å². The molecule has 5 aromatic rings. The summed E-state index contributed by atoms with van der Waals surface area (Å²) in [6.45, 7) is 2.02. The highest BCUT2D eigenvalue weighted by Crippen LogP contribution is 2.63. The number of anilines is 1. The summed E-state index contributed by atoms with van der Waals surface area (Å²) in [6, 6.07) is 10.9. The molecule has 1 aliphatic carbocycles. The molecule has 2 fully saturated rings. The molecule has 1 aliphatic heterocycles. The van der Waals surface area contributed by atoms with Gasteiger partial charge in [0.25, 0.3) is 0 Å². The number of hydrogen-bond donors (Lipinski definition) is 2. The van der Waals surface area contributed by atoms with Crippen molar-refractivity contribution >= 4 is 39.6 Å². The molecule has 0 radical (unpaired) electrons. The van der Waals surface area contributed by atoms with Crippen LogP contribution in [0.5, 0.6) is 0 Å². The maximum absolute atomic E-state index is 14.7. The third kappa shape index (κ3) is 2.90. The fourth-order valence-corrected chi connectivity index (χ4v) is 6.74. The lowest BCUT2D eigenvalue weighted by molar-refractivity contribution is 0.533. The first-order valence-corrected chi connectivity index (χ1v) is 12.4. The molecular formula is C26H24ClFN8. The quantitative estimate of drug-likeness (QED) is 0.384. The number of H-pyrrole nitrogens is 1. The highest BCUT2D eigenvalue weighted by Gasteiger charge is 2.66. The van der Waals surface area contributed by atoms with Crippen LogP contribution in [0.1, 0.15) is 12.0 Å². The average molecular weight is 503 g/mol. The van der Waals surface area contributed by atoms with Crippen molar-refractivity contribution in [2.45, 2.75) is 11.8 Å². The Morgan fingerprint density at radius 3 is 2.89 bits per heavy atom. The van der Waals surface area contributed by atoms with Gasteiger partial charge in [0.05, 0.1) is 28.6 Å². The Bertz CT molecular complexity index is 1640. The number of nitrogens with two attached hydrogens (primary N) is 1. The molecule has 10 heteroatoms. The van der Waals surface area contributed by atoms with Crippen LogP contribution < -0.4 is 10.6 Å². The average Bonchev–Trinajstić information content (AvgIpc) is 3.13. The van der Waals surface area contributed by atoms with Crippen molar-refractivity contribution in [1.29, 1.82) is 0 Å². The lowest BCUT2D eigenvalue weighted by Crippen LogP contribution is -2.32. The van der Waals surface area contributed by atoms with Crippen molar-refractivity contribution in [3.8, 4) is 11.3 Å². The third-order valence-electron chi connectivity index (χ3n) is 8.19. The number of benzene rings is 2. The van der Waals surface area contributed by atoms with Gasteiger partial charge in [-0.1, -0.05) is 29.8 Å². The standard InChI is InChI=1S/C26H24ClFN8/c1-35-13-31-19-7-6-14(21(27)24(19)35)22-23-25(34-33-22)32-20(10-30-23)36-9-8-15-17(11-36)26(15,12-29)16-4-2-3-5-18(16)28/h2-7,10,13,15,17H,8-9,11-12,29H2,1H3,(H,32,33,34)/t15-,17+,26-/m1/s1. The van der Waals surface area contributed by atoms with E-state index >= 15 is 0 Å². The topological polar surface area (TPSA) is 102 Å². The molecule has 3 atom stereocenters. The van der Waals surface area contributed by atoms with Crippen LogP contribution in [-0.2, 0) is 12.5 Å². The molecular weight excluding hydrogens is 479 g/mol. The molecule has 4 heterocycles. The minimum absolute atomic E-state index is 0.168. The van der Waals surface area contributed by atoms with Crippen LogP contribution in [0, 0.1) is 17.7 Å². The number of imidazole rings is 1. The van der Waals surface area contributed by atoms with E-state index in [1.54, 1.807) is 18.6 Å².